The van der Waals surface area contributed by atoms with Gasteiger partial charge in [-0.25, -0.2) is 8.42 Å². The molecule has 0 aromatic heterocycles. The molecule has 1 aromatic carbocycles. The highest BCUT2D eigenvalue weighted by Crippen LogP contribution is 2.25. The van der Waals surface area contributed by atoms with Gasteiger partial charge in [0.1, 0.15) is 5.75 Å². The van der Waals surface area contributed by atoms with Gasteiger partial charge in [-0.15, -0.1) is 0 Å². The number of sulfone groups is 1. The molecule has 0 fully saturated rings. The number of hydrogen-bond acceptors (Lipinski definition) is 5. The number of benzene rings is 1. The molecular formula is C16H24O5S. The Morgan fingerprint density at radius 2 is 1.77 bits per heavy atom. The highest BCUT2D eigenvalue weighted by atomic mass is 32.2. The van der Waals surface area contributed by atoms with Crippen LogP contribution >= 0.6 is 0 Å². The lowest BCUT2D eigenvalue weighted by Gasteiger charge is -2.17. The van der Waals surface area contributed by atoms with E-state index in [1.165, 1.54) is 26.4 Å². The number of unbranched alkanes of at least 4 members (excludes halogenated alkanes) is 2. The largest absolute Gasteiger partial charge is 0.497 e. The molecule has 0 saturated carbocycles. The number of hydrogen-bond donors (Lipinski definition) is 0. The lowest BCUT2D eigenvalue weighted by atomic mass is 10.1. The third-order valence-electron chi connectivity index (χ3n) is 3.58. The van der Waals surface area contributed by atoms with Crippen molar-refractivity contribution in [1.82, 2.24) is 0 Å². The van der Waals surface area contributed by atoms with Crippen LogP contribution in [0.2, 0.25) is 0 Å². The molecule has 0 radical (unpaired) electrons. The van der Waals surface area contributed by atoms with Gasteiger partial charge in [-0.1, -0.05) is 26.2 Å². The molecular weight excluding hydrogens is 304 g/mol. The van der Waals surface area contributed by atoms with Crippen LogP contribution in [0.25, 0.3) is 0 Å². The predicted molar refractivity (Wildman–Crippen MR) is 84.7 cm³/mol. The Balaban J connectivity index is 2.99. The van der Waals surface area contributed by atoms with Gasteiger partial charge >= 0.3 is 5.97 Å². The van der Waals surface area contributed by atoms with E-state index < -0.39 is 21.1 Å². The fourth-order valence-electron chi connectivity index (χ4n) is 2.22. The molecule has 0 bridgehead atoms. The van der Waals surface area contributed by atoms with E-state index in [0.29, 0.717) is 12.2 Å². The highest BCUT2D eigenvalue weighted by molar-refractivity contribution is 7.92. The Labute approximate surface area is 132 Å². The van der Waals surface area contributed by atoms with E-state index in [2.05, 4.69) is 4.74 Å². The van der Waals surface area contributed by atoms with E-state index in [0.717, 1.165) is 19.3 Å². The van der Waals surface area contributed by atoms with E-state index in [-0.39, 0.29) is 11.3 Å². The molecule has 0 aliphatic rings. The van der Waals surface area contributed by atoms with Gasteiger partial charge in [-0.3, -0.25) is 4.79 Å². The summed E-state index contributed by atoms with van der Waals surface area (Å²) in [6.45, 7) is 2.05. The Hall–Kier alpha value is -1.56. The summed E-state index contributed by atoms with van der Waals surface area (Å²) < 4.78 is 35.1. The Bertz CT molecular complexity index is 563. The maximum atomic E-state index is 12.7. The summed E-state index contributed by atoms with van der Waals surface area (Å²) in [5, 5.41) is -0.750. The minimum Gasteiger partial charge on any atom is -0.497 e. The van der Waals surface area contributed by atoms with Gasteiger partial charge in [0.15, 0.2) is 9.84 Å². The van der Waals surface area contributed by atoms with Crippen LogP contribution in [0.5, 0.6) is 5.75 Å². The van der Waals surface area contributed by atoms with Crippen molar-refractivity contribution in [3.63, 3.8) is 0 Å². The monoisotopic (exact) mass is 328 g/mol. The van der Waals surface area contributed by atoms with Crippen LogP contribution in [0.15, 0.2) is 29.2 Å². The molecule has 1 unspecified atom stereocenters. The van der Waals surface area contributed by atoms with Crippen molar-refractivity contribution < 1.29 is 22.7 Å². The molecule has 1 aromatic rings. The standard InChI is InChI=1S/C16H24O5S/c1-4-5-6-7-15(12-16(17)21-3)22(18,19)14-10-8-13(20-2)9-11-14/h8-11,15H,4-7,12H2,1-3H3. The fraction of sp³-hybridized carbons (Fsp3) is 0.562. The van der Waals surface area contributed by atoms with Gasteiger partial charge in [0.25, 0.3) is 0 Å². The third kappa shape index (κ3) is 5.02. The van der Waals surface area contributed by atoms with E-state index in [1.54, 1.807) is 12.1 Å². The average Bonchev–Trinajstić information content (AvgIpc) is 2.53. The van der Waals surface area contributed by atoms with Crippen molar-refractivity contribution in [3.8, 4) is 5.75 Å². The van der Waals surface area contributed by atoms with Crippen molar-refractivity contribution >= 4 is 15.8 Å². The zero-order chi connectivity index (χ0) is 16.6. The molecule has 0 N–H and O–H groups in total. The maximum Gasteiger partial charge on any atom is 0.306 e. The molecule has 0 aliphatic heterocycles. The summed E-state index contributed by atoms with van der Waals surface area (Å²) in [6, 6.07) is 6.23. The molecule has 0 heterocycles. The van der Waals surface area contributed by atoms with Crippen molar-refractivity contribution in [2.75, 3.05) is 14.2 Å². The van der Waals surface area contributed by atoms with Crippen LogP contribution < -0.4 is 4.74 Å². The molecule has 6 heteroatoms. The van der Waals surface area contributed by atoms with Crippen molar-refractivity contribution in [1.29, 1.82) is 0 Å². The summed E-state index contributed by atoms with van der Waals surface area (Å²) in [5.41, 5.74) is 0. The summed E-state index contributed by atoms with van der Waals surface area (Å²) in [6.07, 6.45) is 3.04. The van der Waals surface area contributed by atoms with Crippen molar-refractivity contribution in [3.05, 3.63) is 24.3 Å². The van der Waals surface area contributed by atoms with Gasteiger partial charge in [0, 0.05) is 0 Å². The van der Waals surface area contributed by atoms with Crippen LogP contribution in [-0.2, 0) is 19.4 Å². The van der Waals surface area contributed by atoms with Crippen LogP contribution in [-0.4, -0.2) is 33.9 Å². The van der Waals surface area contributed by atoms with Gasteiger partial charge in [0.05, 0.1) is 30.8 Å². The van der Waals surface area contributed by atoms with Crippen molar-refractivity contribution in [2.45, 2.75) is 49.2 Å². The quantitative estimate of drug-likeness (QED) is 0.515. The number of ether oxygens (including phenoxy) is 2. The van der Waals surface area contributed by atoms with Gasteiger partial charge in [-0.05, 0) is 30.7 Å². The summed E-state index contributed by atoms with van der Waals surface area (Å²) in [4.78, 5) is 11.7. The van der Waals surface area contributed by atoms with Crippen LogP contribution in [0, 0.1) is 0 Å². The summed E-state index contributed by atoms with van der Waals surface area (Å²) >= 11 is 0. The zero-order valence-electron chi connectivity index (χ0n) is 13.4. The van der Waals surface area contributed by atoms with Crippen LogP contribution in [0.4, 0.5) is 0 Å². The molecule has 5 nitrogen and oxygen atoms in total. The first-order chi connectivity index (χ1) is 10.5. The fourth-order valence-corrected chi connectivity index (χ4v) is 3.95. The molecule has 0 amide bonds. The van der Waals surface area contributed by atoms with E-state index in [4.69, 9.17) is 4.74 Å². The first kappa shape index (κ1) is 18.5. The Morgan fingerprint density at radius 1 is 1.14 bits per heavy atom. The normalized spacial score (nSPS) is 12.7. The lowest BCUT2D eigenvalue weighted by molar-refractivity contribution is -0.140. The van der Waals surface area contributed by atoms with Gasteiger partial charge in [0.2, 0.25) is 0 Å². The first-order valence-electron chi connectivity index (χ1n) is 7.40. The smallest absolute Gasteiger partial charge is 0.306 e. The second-order valence-corrected chi connectivity index (χ2v) is 7.35. The number of rotatable bonds is 9. The molecule has 124 valence electrons. The van der Waals surface area contributed by atoms with E-state index >= 15 is 0 Å². The zero-order valence-corrected chi connectivity index (χ0v) is 14.2. The Morgan fingerprint density at radius 3 is 2.27 bits per heavy atom. The molecule has 1 rings (SSSR count). The van der Waals surface area contributed by atoms with Crippen LogP contribution in [0.3, 0.4) is 0 Å². The molecule has 0 saturated heterocycles. The maximum absolute atomic E-state index is 12.7. The summed E-state index contributed by atoms with van der Waals surface area (Å²) in [7, 11) is -0.777. The molecule has 1 atom stereocenters. The van der Waals surface area contributed by atoms with Gasteiger partial charge < -0.3 is 9.47 Å². The van der Waals surface area contributed by atoms with Gasteiger partial charge in [-0.2, -0.15) is 0 Å². The van der Waals surface area contributed by atoms with Crippen molar-refractivity contribution in [2.24, 2.45) is 0 Å². The topological polar surface area (TPSA) is 69.7 Å². The molecule has 0 aliphatic carbocycles. The number of esters is 1. The second kappa shape index (κ2) is 8.78. The minimum absolute atomic E-state index is 0.116. The molecule has 0 spiro atoms. The molecule has 22 heavy (non-hydrogen) atoms. The first-order valence-corrected chi connectivity index (χ1v) is 8.95. The third-order valence-corrected chi connectivity index (χ3v) is 5.79. The summed E-state index contributed by atoms with van der Waals surface area (Å²) in [5.74, 6) is 0.0908. The van der Waals surface area contributed by atoms with E-state index in [1.807, 2.05) is 6.92 Å². The predicted octanol–water partition coefficient (Wildman–Crippen LogP) is 2.98. The second-order valence-electron chi connectivity index (χ2n) is 5.12. The highest BCUT2D eigenvalue weighted by Gasteiger charge is 2.29. The number of methoxy groups -OCH3 is 2. The number of carbonyl (C=O) groups excluding carboxylic acids is 1. The number of carbonyl (C=O) groups is 1. The minimum atomic E-state index is -3.57. The van der Waals surface area contributed by atoms with Crippen LogP contribution in [0.1, 0.15) is 39.0 Å². The Kier molecular flexibility index (Phi) is 7.38. The average molecular weight is 328 g/mol. The lowest BCUT2D eigenvalue weighted by Crippen LogP contribution is -2.25. The van der Waals surface area contributed by atoms with E-state index in [9.17, 15) is 13.2 Å². The SMILES string of the molecule is CCCCCC(CC(=O)OC)S(=O)(=O)c1ccc(OC)cc1.